The molecule has 6 nitrogen and oxygen atoms in total. The Balaban J connectivity index is 1.98. The molecule has 0 fully saturated rings. The minimum Gasteiger partial charge on any atom is -0.308 e. The van der Waals surface area contributed by atoms with Crippen LogP contribution >= 0.6 is 0 Å². The minimum atomic E-state index is -0.541. The zero-order valence-corrected chi connectivity index (χ0v) is 9.11. The highest BCUT2D eigenvalue weighted by Gasteiger charge is 2.03. The van der Waals surface area contributed by atoms with Gasteiger partial charge >= 0.3 is 6.03 Å². The molecule has 1 aromatic carbocycles. The number of aromatic nitrogens is 2. The lowest BCUT2D eigenvalue weighted by Crippen LogP contribution is -2.21. The fraction of sp³-hybridized carbons (Fsp3) is 0. The molecule has 1 heterocycles. The molecule has 0 atom stereocenters. The van der Waals surface area contributed by atoms with E-state index in [-0.39, 0.29) is 17.2 Å². The molecule has 0 radical (unpaired) electrons. The average Bonchev–Trinajstić information content (AvgIpc) is 2.35. The number of amides is 2. The third-order valence-corrected chi connectivity index (χ3v) is 2.02. The van der Waals surface area contributed by atoms with Gasteiger partial charge in [-0.15, -0.1) is 0 Å². The maximum atomic E-state index is 12.6. The van der Waals surface area contributed by atoms with Crippen molar-refractivity contribution in [2.45, 2.75) is 0 Å². The summed E-state index contributed by atoms with van der Waals surface area (Å²) in [7, 11) is 0. The van der Waals surface area contributed by atoms with E-state index in [0.29, 0.717) is 5.69 Å². The van der Waals surface area contributed by atoms with Gasteiger partial charge in [-0.3, -0.25) is 10.1 Å². The van der Waals surface area contributed by atoms with Gasteiger partial charge in [0, 0.05) is 11.8 Å². The van der Waals surface area contributed by atoms with Crippen LogP contribution in [0.4, 0.5) is 20.7 Å². The van der Waals surface area contributed by atoms with Gasteiger partial charge in [-0.1, -0.05) is 0 Å². The molecule has 3 N–H and O–H groups in total. The van der Waals surface area contributed by atoms with Crippen molar-refractivity contribution in [1.82, 2.24) is 10.2 Å². The Bertz CT molecular complexity index is 589. The van der Waals surface area contributed by atoms with Crippen LogP contribution in [0.3, 0.4) is 0 Å². The van der Waals surface area contributed by atoms with Crippen molar-refractivity contribution in [3.63, 3.8) is 0 Å². The number of anilines is 2. The van der Waals surface area contributed by atoms with Gasteiger partial charge in [0.25, 0.3) is 5.56 Å². The molecule has 0 saturated heterocycles. The SMILES string of the molecule is O=C(Nc1ccc(F)cc1)Nc1ccc(=O)[nH]n1. The number of hydrogen-bond donors (Lipinski definition) is 3. The summed E-state index contributed by atoms with van der Waals surface area (Å²) in [5.41, 5.74) is 0.0813. The molecular weight excluding hydrogens is 239 g/mol. The van der Waals surface area contributed by atoms with E-state index >= 15 is 0 Å². The van der Waals surface area contributed by atoms with Crippen molar-refractivity contribution in [2.75, 3.05) is 10.6 Å². The van der Waals surface area contributed by atoms with Gasteiger partial charge < -0.3 is 5.32 Å². The molecule has 0 aliphatic rings. The van der Waals surface area contributed by atoms with Crippen LogP contribution in [0.5, 0.6) is 0 Å². The van der Waals surface area contributed by atoms with Crippen LogP contribution in [0.2, 0.25) is 0 Å². The first-order valence-electron chi connectivity index (χ1n) is 5.03. The predicted octanol–water partition coefficient (Wildman–Crippen LogP) is 1.55. The van der Waals surface area contributed by atoms with Crippen LogP contribution in [0.15, 0.2) is 41.2 Å². The van der Waals surface area contributed by atoms with E-state index in [1.165, 1.54) is 36.4 Å². The second kappa shape index (κ2) is 5.09. The average molecular weight is 248 g/mol. The van der Waals surface area contributed by atoms with Crippen LogP contribution in [-0.4, -0.2) is 16.2 Å². The Morgan fingerprint density at radius 1 is 1.11 bits per heavy atom. The molecule has 2 amide bonds. The van der Waals surface area contributed by atoms with E-state index in [9.17, 15) is 14.0 Å². The highest BCUT2D eigenvalue weighted by molar-refractivity contribution is 5.98. The van der Waals surface area contributed by atoms with E-state index in [0.717, 1.165) is 0 Å². The van der Waals surface area contributed by atoms with E-state index in [1.54, 1.807) is 0 Å². The van der Waals surface area contributed by atoms with Crippen LogP contribution in [0, 0.1) is 5.82 Å². The molecule has 18 heavy (non-hydrogen) atoms. The molecule has 2 rings (SSSR count). The van der Waals surface area contributed by atoms with Crippen molar-refractivity contribution in [1.29, 1.82) is 0 Å². The van der Waals surface area contributed by atoms with Crippen molar-refractivity contribution < 1.29 is 9.18 Å². The Kier molecular flexibility index (Phi) is 3.33. The van der Waals surface area contributed by atoms with E-state index in [1.807, 2.05) is 0 Å². The minimum absolute atomic E-state index is 0.203. The number of nitrogens with zero attached hydrogens (tertiary/aromatic N) is 1. The molecule has 0 unspecified atom stereocenters. The molecule has 92 valence electrons. The highest BCUT2D eigenvalue weighted by atomic mass is 19.1. The van der Waals surface area contributed by atoms with E-state index in [4.69, 9.17) is 0 Å². The molecule has 0 saturated carbocycles. The van der Waals surface area contributed by atoms with Crippen LogP contribution in [-0.2, 0) is 0 Å². The molecular formula is C11H9FN4O2. The highest BCUT2D eigenvalue weighted by Crippen LogP contribution is 2.08. The zero-order valence-electron chi connectivity index (χ0n) is 9.11. The van der Waals surface area contributed by atoms with Gasteiger partial charge in [0.1, 0.15) is 5.82 Å². The molecule has 0 spiro atoms. The third-order valence-electron chi connectivity index (χ3n) is 2.02. The lowest BCUT2D eigenvalue weighted by molar-refractivity contribution is 0.262. The number of carbonyl (C=O) groups is 1. The monoisotopic (exact) mass is 248 g/mol. The lowest BCUT2D eigenvalue weighted by atomic mass is 10.3. The number of aromatic amines is 1. The van der Waals surface area contributed by atoms with Crippen molar-refractivity contribution in [2.24, 2.45) is 0 Å². The van der Waals surface area contributed by atoms with Gasteiger partial charge in [0.2, 0.25) is 0 Å². The standard InChI is InChI=1S/C11H9FN4O2/c12-7-1-3-8(4-2-7)13-11(18)14-9-5-6-10(17)16-15-9/h1-6H,(H,16,17)(H2,13,14,15,18). The number of carbonyl (C=O) groups excluding carboxylic acids is 1. The number of urea groups is 1. The maximum absolute atomic E-state index is 12.6. The van der Waals surface area contributed by atoms with Crippen LogP contribution < -0.4 is 16.2 Å². The first-order valence-corrected chi connectivity index (χ1v) is 5.03. The van der Waals surface area contributed by atoms with Gasteiger partial charge in [-0.2, -0.15) is 5.10 Å². The zero-order chi connectivity index (χ0) is 13.0. The summed E-state index contributed by atoms with van der Waals surface area (Å²) >= 11 is 0. The summed E-state index contributed by atoms with van der Waals surface area (Å²) in [6.07, 6.45) is 0. The summed E-state index contributed by atoms with van der Waals surface area (Å²) in [4.78, 5) is 22.3. The second-order valence-electron chi connectivity index (χ2n) is 3.39. The topological polar surface area (TPSA) is 86.9 Å². The number of rotatable bonds is 2. The van der Waals surface area contributed by atoms with Crippen molar-refractivity contribution >= 4 is 17.5 Å². The first kappa shape index (κ1) is 11.8. The van der Waals surface area contributed by atoms with Gasteiger partial charge in [-0.25, -0.2) is 14.3 Å². The third kappa shape index (κ3) is 3.14. The van der Waals surface area contributed by atoms with Crippen molar-refractivity contribution in [3.8, 4) is 0 Å². The van der Waals surface area contributed by atoms with Gasteiger partial charge in [0.05, 0.1) is 0 Å². The fourth-order valence-corrected chi connectivity index (χ4v) is 1.23. The fourth-order valence-electron chi connectivity index (χ4n) is 1.23. The first-order chi connectivity index (χ1) is 8.63. The number of halogens is 1. The quantitative estimate of drug-likeness (QED) is 0.753. The van der Waals surface area contributed by atoms with Crippen molar-refractivity contribution in [3.05, 3.63) is 52.6 Å². The molecule has 0 bridgehead atoms. The number of H-pyrrole nitrogens is 1. The van der Waals surface area contributed by atoms with E-state index in [2.05, 4.69) is 20.8 Å². The summed E-state index contributed by atoms with van der Waals surface area (Å²) in [6.45, 7) is 0. The van der Waals surface area contributed by atoms with Crippen LogP contribution in [0.1, 0.15) is 0 Å². The van der Waals surface area contributed by atoms with Gasteiger partial charge in [-0.05, 0) is 30.3 Å². The normalized spacial score (nSPS) is 9.83. The summed E-state index contributed by atoms with van der Waals surface area (Å²) < 4.78 is 12.6. The Labute approximate surface area is 101 Å². The predicted molar refractivity (Wildman–Crippen MR) is 63.9 cm³/mol. The molecule has 0 aliphatic carbocycles. The number of nitrogens with one attached hydrogen (secondary N) is 3. The number of hydrogen-bond acceptors (Lipinski definition) is 3. The molecule has 1 aromatic heterocycles. The largest absolute Gasteiger partial charge is 0.324 e. The number of benzene rings is 1. The maximum Gasteiger partial charge on any atom is 0.324 e. The van der Waals surface area contributed by atoms with Crippen LogP contribution in [0.25, 0.3) is 0 Å². The molecule has 2 aromatic rings. The summed E-state index contributed by atoms with van der Waals surface area (Å²) in [5, 5.41) is 10.7. The Morgan fingerprint density at radius 2 is 1.83 bits per heavy atom. The summed E-state index contributed by atoms with van der Waals surface area (Å²) in [5.74, 6) is -0.183. The molecule has 0 aliphatic heterocycles. The summed E-state index contributed by atoms with van der Waals surface area (Å²) in [6, 6.07) is 7.37. The molecule has 7 heteroatoms. The van der Waals surface area contributed by atoms with Gasteiger partial charge in [0.15, 0.2) is 5.82 Å². The Morgan fingerprint density at radius 3 is 2.44 bits per heavy atom. The second-order valence-corrected chi connectivity index (χ2v) is 3.39. The lowest BCUT2D eigenvalue weighted by Gasteiger charge is -2.06. The smallest absolute Gasteiger partial charge is 0.308 e. The Hall–Kier alpha value is -2.70. The van der Waals surface area contributed by atoms with E-state index < -0.39 is 6.03 Å².